The van der Waals surface area contributed by atoms with Gasteiger partial charge in [-0.3, -0.25) is 0 Å². The Morgan fingerprint density at radius 2 is 2.10 bits per heavy atom. The summed E-state index contributed by atoms with van der Waals surface area (Å²) in [5.74, 6) is 0.822. The van der Waals surface area contributed by atoms with Crippen LogP contribution in [0.5, 0.6) is 0 Å². The Bertz CT molecular complexity index is 448. The van der Waals surface area contributed by atoms with E-state index in [9.17, 15) is 5.11 Å². The van der Waals surface area contributed by atoms with Crippen LogP contribution in [0.1, 0.15) is 50.7 Å². The number of hydrogen-bond acceptors (Lipinski definition) is 3. The molecule has 20 heavy (non-hydrogen) atoms. The SMILES string of the molecule is CC1CCC(CN)(NC(C)C(C)CO)c2ccccc21. The second-order valence-corrected chi connectivity index (χ2v) is 6.41. The lowest BCUT2D eigenvalue weighted by Gasteiger charge is -2.44. The zero-order chi connectivity index (χ0) is 14.8. The summed E-state index contributed by atoms with van der Waals surface area (Å²) in [7, 11) is 0. The number of rotatable bonds is 5. The first-order chi connectivity index (χ1) is 9.54. The highest BCUT2D eigenvalue weighted by molar-refractivity contribution is 5.39. The van der Waals surface area contributed by atoms with Gasteiger partial charge in [0.25, 0.3) is 0 Å². The molecule has 3 nitrogen and oxygen atoms in total. The number of aliphatic hydroxyl groups is 1. The van der Waals surface area contributed by atoms with Crippen LogP contribution in [0.2, 0.25) is 0 Å². The molecular formula is C17H28N2O. The average molecular weight is 276 g/mol. The number of nitrogens with one attached hydrogen (secondary N) is 1. The molecule has 0 bridgehead atoms. The number of aliphatic hydroxyl groups excluding tert-OH is 1. The molecule has 0 saturated carbocycles. The minimum absolute atomic E-state index is 0.147. The Labute approximate surface area is 122 Å². The second-order valence-electron chi connectivity index (χ2n) is 6.41. The molecule has 2 rings (SSSR count). The number of benzene rings is 1. The number of fused-ring (bicyclic) bond motifs is 1. The van der Waals surface area contributed by atoms with E-state index in [1.807, 2.05) is 0 Å². The summed E-state index contributed by atoms with van der Waals surface area (Å²) in [5, 5.41) is 13.1. The lowest BCUT2D eigenvalue weighted by atomic mass is 9.71. The molecule has 0 heterocycles. The molecule has 112 valence electrons. The molecule has 0 spiro atoms. The van der Waals surface area contributed by atoms with E-state index in [1.54, 1.807) is 0 Å². The molecule has 4 unspecified atom stereocenters. The largest absolute Gasteiger partial charge is 0.396 e. The minimum Gasteiger partial charge on any atom is -0.396 e. The standard InChI is InChI=1S/C17H28N2O/c1-12-8-9-17(11-18,19-14(3)13(2)10-20)16-7-5-4-6-15(12)16/h4-7,12-14,19-20H,8-11,18H2,1-3H3. The molecule has 0 aromatic heterocycles. The molecule has 0 saturated heterocycles. The van der Waals surface area contributed by atoms with Crippen molar-refractivity contribution >= 4 is 0 Å². The van der Waals surface area contributed by atoms with Crippen LogP contribution >= 0.6 is 0 Å². The third-order valence-corrected chi connectivity index (χ3v) is 5.01. The maximum Gasteiger partial charge on any atom is 0.0563 e. The van der Waals surface area contributed by atoms with Gasteiger partial charge in [-0.2, -0.15) is 0 Å². The van der Waals surface area contributed by atoms with Crippen molar-refractivity contribution in [2.45, 2.75) is 51.1 Å². The van der Waals surface area contributed by atoms with Crippen LogP contribution < -0.4 is 11.1 Å². The Morgan fingerprint density at radius 1 is 1.40 bits per heavy atom. The first kappa shape index (κ1) is 15.5. The molecule has 1 aliphatic carbocycles. The zero-order valence-corrected chi connectivity index (χ0v) is 12.9. The van der Waals surface area contributed by atoms with Gasteiger partial charge in [0, 0.05) is 19.2 Å². The highest BCUT2D eigenvalue weighted by Crippen LogP contribution is 2.41. The van der Waals surface area contributed by atoms with Crippen LogP contribution in [-0.2, 0) is 5.54 Å². The Balaban J connectivity index is 2.34. The normalized spacial score (nSPS) is 28.8. The summed E-state index contributed by atoms with van der Waals surface area (Å²) in [5.41, 5.74) is 8.78. The maximum absolute atomic E-state index is 9.36. The highest BCUT2D eigenvalue weighted by atomic mass is 16.3. The maximum atomic E-state index is 9.36. The molecule has 0 amide bonds. The lowest BCUT2D eigenvalue weighted by molar-refractivity contribution is 0.169. The number of nitrogens with two attached hydrogens (primary N) is 1. The Morgan fingerprint density at radius 3 is 2.75 bits per heavy atom. The lowest BCUT2D eigenvalue weighted by Crippen LogP contribution is -2.55. The summed E-state index contributed by atoms with van der Waals surface area (Å²) in [4.78, 5) is 0. The van der Waals surface area contributed by atoms with E-state index in [1.165, 1.54) is 11.1 Å². The van der Waals surface area contributed by atoms with E-state index in [4.69, 9.17) is 5.73 Å². The van der Waals surface area contributed by atoms with E-state index in [-0.39, 0.29) is 24.1 Å². The van der Waals surface area contributed by atoms with Gasteiger partial charge >= 0.3 is 0 Å². The molecule has 1 aliphatic rings. The predicted octanol–water partition coefficient (Wildman–Crippen LogP) is 2.34. The van der Waals surface area contributed by atoms with Crippen molar-refractivity contribution < 1.29 is 5.11 Å². The molecule has 0 aliphatic heterocycles. The van der Waals surface area contributed by atoms with Gasteiger partial charge < -0.3 is 16.2 Å². The molecule has 4 N–H and O–H groups in total. The Kier molecular flexibility index (Phi) is 4.84. The van der Waals surface area contributed by atoms with Gasteiger partial charge in [-0.15, -0.1) is 0 Å². The van der Waals surface area contributed by atoms with Crippen molar-refractivity contribution in [1.29, 1.82) is 0 Å². The fraction of sp³-hybridized carbons (Fsp3) is 0.647. The van der Waals surface area contributed by atoms with Gasteiger partial charge in [0.1, 0.15) is 0 Å². The van der Waals surface area contributed by atoms with Gasteiger partial charge in [-0.05, 0) is 42.7 Å². The third-order valence-electron chi connectivity index (χ3n) is 5.01. The van der Waals surface area contributed by atoms with Gasteiger partial charge in [0.15, 0.2) is 0 Å². The topological polar surface area (TPSA) is 58.3 Å². The van der Waals surface area contributed by atoms with E-state index in [0.29, 0.717) is 12.5 Å². The van der Waals surface area contributed by atoms with Crippen molar-refractivity contribution in [3.8, 4) is 0 Å². The molecule has 3 heteroatoms. The molecular weight excluding hydrogens is 248 g/mol. The van der Waals surface area contributed by atoms with Crippen LogP contribution in [0, 0.1) is 5.92 Å². The van der Waals surface area contributed by atoms with Gasteiger partial charge in [0.2, 0.25) is 0 Å². The fourth-order valence-electron chi connectivity index (χ4n) is 3.27. The van der Waals surface area contributed by atoms with E-state index >= 15 is 0 Å². The molecule has 4 atom stereocenters. The van der Waals surface area contributed by atoms with Crippen molar-refractivity contribution in [1.82, 2.24) is 5.32 Å². The second kappa shape index (κ2) is 6.25. The fourth-order valence-corrected chi connectivity index (χ4v) is 3.27. The van der Waals surface area contributed by atoms with Gasteiger partial charge in [-0.25, -0.2) is 0 Å². The molecule has 0 radical (unpaired) electrons. The van der Waals surface area contributed by atoms with E-state index in [0.717, 1.165) is 12.8 Å². The van der Waals surface area contributed by atoms with E-state index < -0.39 is 0 Å². The number of hydrogen-bond donors (Lipinski definition) is 3. The summed E-state index contributed by atoms with van der Waals surface area (Å²) in [6.45, 7) is 7.29. The average Bonchev–Trinajstić information content (AvgIpc) is 2.49. The minimum atomic E-state index is -0.147. The summed E-state index contributed by atoms with van der Waals surface area (Å²) >= 11 is 0. The first-order valence-corrected chi connectivity index (χ1v) is 7.72. The Hall–Kier alpha value is -0.900. The van der Waals surface area contributed by atoms with Crippen molar-refractivity contribution in [2.24, 2.45) is 11.7 Å². The van der Waals surface area contributed by atoms with Crippen LogP contribution in [0.25, 0.3) is 0 Å². The molecule has 0 fully saturated rings. The van der Waals surface area contributed by atoms with E-state index in [2.05, 4.69) is 50.4 Å². The summed E-state index contributed by atoms with van der Waals surface area (Å²) in [6, 6.07) is 8.89. The first-order valence-electron chi connectivity index (χ1n) is 7.72. The van der Waals surface area contributed by atoms with Crippen LogP contribution in [-0.4, -0.2) is 24.3 Å². The van der Waals surface area contributed by atoms with Crippen molar-refractivity contribution in [3.05, 3.63) is 35.4 Å². The highest BCUT2D eigenvalue weighted by Gasteiger charge is 2.38. The zero-order valence-electron chi connectivity index (χ0n) is 12.9. The summed E-state index contributed by atoms with van der Waals surface area (Å²) < 4.78 is 0. The van der Waals surface area contributed by atoms with Crippen molar-refractivity contribution in [2.75, 3.05) is 13.2 Å². The quantitative estimate of drug-likeness (QED) is 0.773. The van der Waals surface area contributed by atoms with Crippen LogP contribution in [0.3, 0.4) is 0 Å². The summed E-state index contributed by atoms with van der Waals surface area (Å²) in [6.07, 6.45) is 2.21. The van der Waals surface area contributed by atoms with Gasteiger partial charge in [-0.1, -0.05) is 38.1 Å². The molecule has 1 aromatic carbocycles. The van der Waals surface area contributed by atoms with Crippen LogP contribution in [0.15, 0.2) is 24.3 Å². The monoisotopic (exact) mass is 276 g/mol. The van der Waals surface area contributed by atoms with Gasteiger partial charge in [0.05, 0.1) is 5.54 Å². The molecule has 1 aromatic rings. The predicted molar refractivity (Wildman–Crippen MR) is 83.7 cm³/mol. The van der Waals surface area contributed by atoms with Crippen molar-refractivity contribution in [3.63, 3.8) is 0 Å². The smallest absolute Gasteiger partial charge is 0.0563 e. The van der Waals surface area contributed by atoms with Crippen LogP contribution in [0.4, 0.5) is 0 Å². The third kappa shape index (κ3) is 2.76.